The molecule has 174 valence electrons. The monoisotopic (exact) mass is 483 g/mol. The molecule has 6 nitrogen and oxygen atoms in total. The molecule has 0 unspecified atom stereocenters. The number of carbonyl (C=O) groups is 1. The number of aryl methyl sites for hydroxylation is 1. The highest BCUT2D eigenvalue weighted by atomic mass is 32.2. The maximum absolute atomic E-state index is 13.3. The first-order chi connectivity index (χ1) is 15.9. The van der Waals surface area contributed by atoms with Gasteiger partial charge in [-0.05, 0) is 56.9 Å². The van der Waals surface area contributed by atoms with Crippen LogP contribution < -0.4 is 0 Å². The lowest BCUT2D eigenvalue weighted by molar-refractivity contribution is -0.138. The van der Waals surface area contributed by atoms with Crippen molar-refractivity contribution in [3.8, 4) is 0 Å². The molecule has 3 heterocycles. The van der Waals surface area contributed by atoms with E-state index in [2.05, 4.69) is 6.07 Å². The molecule has 0 saturated carbocycles. The van der Waals surface area contributed by atoms with E-state index < -0.39 is 10.0 Å². The van der Waals surface area contributed by atoms with E-state index in [4.69, 9.17) is 4.98 Å². The quantitative estimate of drug-likeness (QED) is 0.551. The number of para-hydroxylation sites is 1. The molecule has 2 fully saturated rings. The number of thiazole rings is 1. The van der Waals surface area contributed by atoms with Gasteiger partial charge in [-0.3, -0.25) is 4.79 Å². The molecule has 1 atom stereocenters. The van der Waals surface area contributed by atoms with Gasteiger partial charge in [0.1, 0.15) is 0 Å². The summed E-state index contributed by atoms with van der Waals surface area (Å²) in [5.41, 5.74) is 2.06. The van der Waals surface area contributed by atoms with Gasteiger partial charge >= 0.3 is 0 Å². The summed E-state index contributed by atoms with van der Waals surface area (Å²) in [4.78, 5) is 20.4. The van der Waals surface area contributed by atoms with Crippen molar-refractivity contribution in [1.82, 2.24) is 14.2 Å². The lowest BCUT2D eigenvalue weighted by Crippen LogP contribution is -2.46. The lowest BCUT2D eigenvalue weighted by Gasteiger charge is -2.37. The average Bonchev–Trinajstić information content (AvgIpc) is 3.28. The maximum Gasteiger partial charge on any atom is 0.243 e. The molecule has 0 aliphatic carbocycles. The first-order valence-corrected chi connectivity index (χ1v) is 13.9. The van der Waals surface area contributed by atoms with Crippen molar-refractivity contribution in [3.63, 3.8) is 0 Å². The Bertz CT molecular complexity index is 1210. The zero-order valence-electron chi connectivity index (χ0n) is 18.8. The van der Waals surface area contributed by atoms with Gasteiger partial charge in [0, 0.05) is 38.0 Å². The van der Waals surface area contributed by atoms with Gasteiger partial charge < -0.3 is 4.90 Å². The summed E-state index contributed by atoms with van der Waals surface area (Å²) < 4.78 is 28.7. The fourth-order valence-electron chi connectivity index (χ4n) is 4.90. The van der Waals surface area contributed by atoms with E-state index in [0.29, 0.717) is 37.4 Å². The Labute approximate surface area is 199 Å². The number of hydrogen-bond donors (Lipinski definition) is 0. The zero-order valence-corrected chi connectivity index (χ0v) is 20.4. The minimum absolute atomic E-state index is 0.108. The van der Waals surface area contributed by atoms with E-state index in [-0.39, 0.29) is 17.7 Å². The molecule has 3 aromatic rings. The molecule has 0 bridgehead atoms. The molecule has 8 heteroatoms. The highest BCUT2D eigenvalue weighted by Crippen LogP contribution is 2.34. The van der Waals surface area contributed by atoms with Crippen LogP contribution in [-0.4, -0.2) is 54.7 Å². The zero-order chi connectivity index (χ0) is 23.0. The van der Waals surface area contributed by atoms with Crippen LogP contribution in [0.5, 0.6) is 0 Å². The Kier molecular flexibility index (Phi) is 6.24. The van der Waals surface area contributed by atoms with Crippen molar-refractivity contribution in [1.29, 1.82) is 0 Å². The normalized spacial score (nSPS) is 20.9. The second-order valence-electron chi connectivity index (χ2n) is 9.13. The number of aromatic nitrogens is 1. The number of likely N-dealkylation sites (tertiary alicyclic amines) is 1. The van der Waals surface area contributed by atoms with Crippen LogP contribution in [-0.2, 0) is 14.8 Å². The molecule has 1 amide bonds. The van der Waals surface area contributed by atoms with E-state index >= 15 is 0 Å². The van der Waals surface area contributed by atoms with Gasteiger partial charge in [-0.1, -0.05) is 29.8 Å². The molecule has 2 aliphatic rings. The number of carbonyl (C=O) groups excluding carboxylic acids is 1. The van der Waals surface area contributed by atoms with E-state index in [9.17, 15) is 13.2 Å². The van der Waals surface area contributed by atoms with E-state index in [1.807, 2.05) is 42.2 Å². The minimum atomic E-state index is -3.51. The highest BCUT2D eigenvalue weighted by Gasteiger charge is 2.35. The number of fused-ring (bicyclic) bond motifs is 1. The van der Waals surface area contributed by atoms with Gasteiger partial charge in [0.05, 0.1) is 20.1 Å². The van der Waals surface area contributed by atoms with Gasteiger partial charge in [-0.2, -0.15) is 4.31 Å². The Morgan fingerprint density at radius 1 is 1.00 bits per heavy atom. The first kappa shape index (κ1) is 22.5. The molecule has 2 saturated heterocycles. The van der Waals surface area contributed by atoms with Gasteiger partial charge in [0.15, 0.2) is 0 Å². The Morgan fingerprint density at radius 3 is 2.45 bits per heavy atom. The smallest absolute Gasteiger partial charge is 0.243 e. The molecular weight excluding hydrogens is 454 g/mol. The fraction of sp³-hybridized carbons (Fsp3) is 0.440. The number of piperidine rings is 2. The number of nitrogens with zero attached hydrogens (tertiary/aromatic N) is 3. The standard InChI is InChI=1S/C25H29N3O3S2/c1-18-8-10-21(11-9-18)33(30,31)28-15-12-19(13-16-28)25(29)27-14-4-5-20(17-27)24-26-22-6-2-3-7-23(22)32-24/h2-3,6-11,19-20H,4-5,12-17H2,1H3/t20-/m0/s1. The highest BCUT2D eigenvalue weighted by molar-refractivity contribution is 7.89. The largest absolute Gasteiger partial charge is 0.342 e. The number of rotatable bonds is 4. The van der Waals surface area contributed by atoms with Crippen molar-refractivity contribution in [2.75, 3.05) is 26.2 Å². The lowest BCUT2D eigenvalue weighted by atomic mass is 9.93. The number of hydrogen-bond acceptors (Lipinski definition) is 5. The third kappa shape index (κ3) is 4.56. The number of sulfonamides is 1. The van der Waals surface area contributed by atoms with Crippen molar-refractivity contribution >= 4 is 37.5 Å². The molecule has 33 heavy (non-hydrogen) atoms. The van der Waals surface area contributed by atoms with Crippen LogP contribution in [0.4, 0.5) is 0 Å². The predicted molar refractivity (Wildman–Crippen MR) is 131 cm³/mol. The summed E-state index contributed by atoms with van der Waals surface area (Å²) in [5, 5.41) is 1.12. The average molecular weight is 484 g/mol. The molecule has 0 radical (unpaired) electrons. The van der Waals surface area contributed by atoms with Crippen LogP contribution in [0, 0.1) is 12.8 Å². The van der Waals surface area contributed by atoms with Crippen LogP contribution in [0.3, 0.4) is 0 Å². The second kappa shape index (κ2) is 9.16. The Balaban J connectivity index is 1.22. The van der Waals surface area contributed by atoms with Crippen molar-refractivity contribution < 1.29 is 13.2 Å². The molecule has 1 aromatic heterocycles. The van der Waals surface area contributed by atoms with Crippen LogP contribution >= 0.6 is 11.3 Å². The Hall–Kier alpha value is -2.29. The molecule has 2 aliphatic heterocycles. The van der Waals surface area contributed by atoms with Crippen LogP contribution in [0.25, 0.3) is 10.2 Å². The fourth-order valence-corrected chi connectivity index (χ4v) is 7.47. The Morgan fingerprint density at radius 2 is 1.73 bits per heavy atom. The van der Waals surface area contributed by atoms with Gasteiger partial charge in [0.25, 0.3) is 0 Å². The number of amides is 1. The van der Waals surface area contributed by atoms with E-state index in [1.54, 1.807) is 23.5 Å². The maximum atomic E-state index is 13.3. The molecule has 0 spiro atoms. The summed E-state index contributed by atoms with van der Waals surface area (Å²) >= 11 is 1.73. The summed E-state index contributed by atoms with van der Waals surface area (Å²) in [6.45, 7) is 4.21. The second-order valence-corrected chi connectivity index (χ2v) is 12.1. The summed E-state index contributed by atoms with van der Waals surface area (Å²) in [7, 11) is -3.51. The summed E-state index contributed by atoms with van der Waals surface area (Å²) in [5.74, 6) is 0.346. The topological polar surface area (TPSA) is 70.6 Å². The third-order valence-corrected chi connectivity index (χ3v) is 9.97. The van der Waals surface area contributed by atoms with E-state index in [0.717, 1.165) is 35.5 Å². The molecule has 5 rings (SSSR count). The van der Waals surface area contributed by atoms with Crippen LogP contribution in [0.15, 0.2) is 53.4 Å². The number of benzene rings is 2. The van der Waals surface area contributed by atoms with Gasteiger partial charge in [-0.25, -0.2) is 13.4 Å². The van der Waals surface area contributed by atoms with Crippen molar-refractivity contribution in [3.05, 3.63) is 59.1 Å². The van der Waals surface area contributed by atoms with E-state index in [1.165, 1.54) is 9.01 Å². The van der Waals surface area contributed by atoms with Gasteiger partial charge in [-0.15, -0.1) is 11.3 Å². The molecule has 2 aromatic carbocycles. The predicted octanol–water partition coefficient (Wildman–Crippen LogP) is 4.41. The van der Waals surface area contributed by atoms with Gasteiger partial charge in [0.2, 0.25) is 15.9 Å². The SMILES string of the molecule is Cc1ccc(S(=O)(=O)N2CCC(C(=O)N3CCC[C@H](c4nc5ccccc5s4)C3)CC2)cc1. The van der Waals surface area contributed by atoms with Crippen molar-refractivity contribution in [2.45, 2.75) is 43.4 Å². The summed E-state index contributed by atoms with van der Waals surface area (Å²) in [6.07, 6.45) is 3.18. The minimum Gasteiger partial charge on any atom is -0.342 e. The summed E-state index contributed by atoms with van der Waals surface area (Å²) in [6, 6.07) is 15.2. The van der Waals surface area contributed by atoms with Crippen LogP contribution in [0.1, 0.15) is 42.2 Å². The third-order valence-electron chi connectivity index (χ3n) is 6.85. The molecular formula is C25H29N3O3S2. The van der Waals surface area contributed by atoms with Crippen molar-refractivity contribution in [2.24, 2.45) is 5.92 Å². The first-order valence-electron chi connectivity index (χ1n) is 11.6. The molecule has 0 N–H and O–H groups in total. The van der Waals surface area contributed by atoms with Crippen LogP contribution in [0.2, 0.25) is 0 Å².